The van der Waals surface area contributed by atoms with Crippen LogP contribution < -0.4 is 21.5 Å². The lowest BCUT2D eigenvalue weighted by Crippen LogP contribution is -2.56. The summed E-state index contributed by atoms with van der Waals surface area (Å²) in [6.07, 6.45) is 1.88. The van der Waals surface area contributed by atoms with Crippen LogP contribution in [-0.2, 0) is 23.8 Å². The van der Waals surface area contributed by atoms with Gasteiger partial charge in [0.25, 0.3) is 5.56 Å². The van der Waals surface area contributed by atoms with E-state index in [4.69, 9.17) is 0 Å². The summed E-state index contributed by atoms with van der Waals surface area (Å²) in [6, 6.07) is 9.52. The van der Waals surface area contributed by atoms with Crippen LogP contribution in [-0.4, -0.2) is 28.5 Å². The molecule has 0 unspecified atom stereocenters. The van der Waals surface area contributed by atoms with Crippen molar-refractivity contribution >= 4 is 11.7 Å². The zero-order chi connectivity index (χ0) is 17.6. The molecular formula is C18H20N4O3. The SMILES string of the molecule is Cn1c(=O)cc(N2CCC3(CC2)NC(=O)Cc2ccccc23)[nH]c1=O. The molecule has 0 aliphatic carbocycles. The number of nitrogens with zero attached hydrogens (tertiary/aromatic N) is 2. The fourth-order valence-corrected chi connectivity index (χ4v) is 3.93. The van der Waals surface area contributed by atoms with Gasteiger partial charge >= 0.3 is 5.69 Å². The first kappa shape index (κ1) is 15.7. The third-order valence-electron chi connectivity index (χ3n) is 5.35. The van der Waals surface area contributed by atoms with Gasteiger partial charge in [-0.2, -0.15) is 0 Å². The molecule has 25 heavy (non-hydrogen) atoms. The van der Waals surface area contributed by atoms with Gasteiger partial charge in [0.2, 0.25) is 5.91 Å². The molecule has 2 aliphatic rings. The van der Waals surface area contributed by atoms with Crippen LogP contribution in [0.4, 0.5) is 5.82 Å². The van der Waals surface area contributed by atoms with Crippen molar-refractivity contribution in [2.75, 3.05) is 18.0 Å². The normalized spacial score (nSPS) is 18.8. The van der Waals surface area contributed by atoms with E-state index < -0.39 is 5.69 Å². The van der Waals surface area contributed by atoms with E-state index in [1.165, 1.54) is 18.7 Å². The average molecular weight is 340 g/mol. The van der Waals surface area contributed by atoms with Crippen LogP contribution in [0.2, 0.25) is 0 Å². The van der Waals surface area contributed by atoms with Gasteiger partial charge in [0, 0.05) is 26.2 Å². The van der Waals surface area contributed by atoms with Gasteiger partial charge in [-0.25, -0.2) is 4.79 Å². The second-order valence-corrected chi connectivity index (χ2v) is 6.81. The van der Waals surface area contributed by atoms with Gasteiger partial charge in [-0.3, -0.25) is 19.1 Å². The lowest BCUT2D eigenvalue weighted by atomic mass is 9.75. The highest BCUT2D eigenvalue weighted by atomic mass is 16.2. The Morgan fingerprint density at radius 2 is 1.80 bits per heavy atom. The first-order valence-electron chi connectivity index (χ1n) is 8.43. The number of aromatic nitrogens is 2. The summed E-state index contributed by atoms with van der Waals surface area (Å²) in [5, 5.41) is 3.19. The fourth-order valence-electron chi connectivity index (χ4n) is 3.93. The summed E-state index contributed by atoms with van der Waals surface area (Å²) in [6.45, 7) is 1.30. The molecule has 0 radical (unpaired) electrons. The van der Waals surface area contributed by atoms with E-state index in [1.807, 2.05) is 23.1 Å². The maximum atomic E-state index is 12.2. The summed E-state index contributed by atoms with van der Waals surface area (Å²) < 4.78 is 1.05. The number of amides is 1. The Labute approximate surface area is 144 Å². The molecule has 2 aliphatic heterocycles. The predicted molar refractivity (Wildman–Crippen MR) is 93.7 cm³/mol. The summed E-state index contributed by atoms with van der Waals surface area (Å²) in [5.41, 5.74) is 1.17. The van der Waals surface area contributed by atoms with Crippen molar-refractivity contribution in [2.24, 2.45) is 7.05 Å². The molecule has 1 fully saturated rings. The number of carbonyl (C=O) groups excluding carboxylic acids is 1. The van der Waals surface area contributed by atoms with E-state index in [1.54, 1.807) is 0 Å². The van der Waals surface area contributed by atoms with Gasteiger partial charge in [-0.1, -0.05) is 24.3 Å². The quantitative estimate of drug-likeness (QED) is 0.779. The number of hydrogen-bond acceptors (Lipinski definition) is 4. The molecule has 2 aromatic rings. The topological polar surface area (TPSA) is 87.2 Å². The highest BCUT2D eigenvalue weighted by Crippen LogP contribution is 2.38. The Hall–Kier alpha value is -2.83. The summed E-state index contributed by atoms with van der Waals surface area (Å²) in [7, 11) is 1.45. The van der Waals surface area contributed by atoms with Crippen molar-refractivity contribution in [3.63, 3.8) is 0 Å². The number of anilines is 1. The van der Waals surface area contributed by atoms with Gasteiger partial charge < -0.3 is 10.2 Å². The van der Waals surface area contributed by atoms with Crippen LogP contribution in [0, 0.1) is 0 Å². The Kier molecular flexibility index (Phi) is 3.52. The minimum absolute atomic E-state index is 0.0501. The summed E-state index contributed by atoms with van der Waals surface area (Å²) in [4.78, 5) is 40.6. The van der Waals surface area contributed by atoms with E-state index in [9.17, 15) is 14.4 Å². The van der Waals surface area contributed by atoms with Crippen molar-refractivity contribution in [1.29, 1.82) is 0 Å². The molecule has 0 atom stereocenters. The number of H-pyrrole nitrogens is 1. The molecule has 1 spiro atoms. The molecule has 7 heteroatoms. The number of aromatic amines is 1. The van der Waals surface area contributed by atoms with Crippen molar-refractivity contribution in [3.05, 3.63) is 62.3 Å². The zero-order valence-electron chi connectivity index (χ0n) is 14.0. The second-order valence-electron chi connectivity index (χ2n) is 6.81. The minimum atomic E-state index is -0.417. The smallest absolute Gasteiger partial charge is 0.329 e. The number of nitrogens with one attached hydrogen (secondary N) is 2. The molecule has 0 bridgehead atoms. The summed E-state index contributed by atoms with van der Waals surface area (Å²) in [5.74, 6) is 0.590. The molecule has 0 saturated carbocycles. The first-order chi connectivity index (χ1) is 12.0. The zero-order valence-corrected chi connectivity index (χ0v) is 14.0. The molecule has 1 saturated heterocycles. The van der Waals surface area contributed by atoms with Crippen LogP contribution >= 0.6 is 0 Å². The standard InChI is InChI=1S/C18H20N4O3/c1-21-16(24)11-14(19-17(21)25)22-8-6-18(7-9-22)13-5-3-2-4-12(13)10-15(23)20-18/h2-5,11H,6-10H2,1H3,(H,19,25)(H,20,23). The maximum Gasteiger partial charge on any atom is 0.329 e. The lowest BCUT2D eigenvalue weighted by Gasteiger charge is -2.46. The number of carbonyl (C=O) groups is 1. The number of benzene rings is 1. The number of rotatable bonds is 1. The van der Waals surface area contributed by atoms with Crippen LogP contribution in [0.25, 0.3) is 0 Å². The molecule has 1 aromatic carbocycles. The van der Waals surface area contributed by atoms with Crippen LogP contribution in [0.5, 0.6) is 0 Å². The number of hydrogen-bond donors (Lipinski definition) is 2. The Balaban J connectivity index is 1.63. The molecule has 3 heterocycles. The van der Waals surface area contributed by atoms with E-state index >= 15 is 0 Å². The van der Waals surface area contributed by atoms with E-state index in [2.05, 4.69) is 16.4 Å². The largest absolute Gasteiger partial charge is 0.358 e. The molecular weight excluding hydrogens is 320 g/mol. The lowest BCUT2D eigenvalue weighted by molar-refractivity contribution is -0.123. The predicted octanol–water partition coefficient (Wildman–Crippen LogP) is 0.242. The average Bonchev–Trinajstić information content (AvgIpc) is 2.60. The van der Waals surface area contributed by atoms with Gasteiger partial charge in [0.1, 0.15) is 5.82 Å². The highest BCUT2D eigenvalue weighted by Gasteiger charge is 2.41. The highest BCUT2D eigenvalue weighted by molar-refractivity contribution is 5.82. The monoisotopic (exact) mass is 340 g/mol. The molecule has 130 valence electrons. The maximum absolute atomic E-state index is 12.2. The Morgan fingerprint density at radius 3 is 2.52 bits per heavy atom. The summed E-state index contributed by atoms with van der Waals surface area (Å²) >= 11 is 0. The molecule has 1 aromatic heterocycles. The van der Waals surface area contributed by atoms with Gasteiger partial charge in [0.05, 0.1) is 12.0 Å². The van der Waals surface area contributed by atoms with Crippen LogP contribution in [0.3, 0.4) is 0 Å². The van der Waals surface area contributed by atoms with E-state index in [0.717, 1.165) is 23.0 Å². The Morgan fingerprint density at radius 1 is 1.08 bits per heavy atom. The molecule has 7 nitrogen and oxygen atoms in total. The first-order valence-corrected chi connectivity index (χ1v) is 8.43. The third kappa shape index (κ3) is 2.56. The minimum Gasteiger partial charge on any atom is -0.358 e. The van der Waals surface area contributed by atoms with Crippen molar-refractivity contribution in [1.82, 2.24) is 14.9 Å². The van der Waals surface area contributed by atoms with Crippen molar-refractivity contribution in [3.8, 4) is 0 Å². The van der Waals surface area contributed by atoms with Gasteiger partial charge in [0.15, 0.2) is 0 Å². The molecule has 2 N–H and O–H groups in total. The Bertz CT molecular complexity index is 920. The van der Waals surface area contributed by atoms with Crippen molar-refractivity contribution < 1.29 is 4.79 Å². The van der Waals surface area contributed by atoms with Crippen LogP contribution in [0.1, 0.15) is 24.0 Å². The van der Waals surface area contributed by atoms with E-state index in [-0.39, 0.29) is 17.0 Å². The van der Waals surface area contributed by atoms with Crippen molar-refractivity contribution in [2.45, 2.75) is 24.8 Å². The van der Waals surface area contributed by atoms with Crippen LogP contribution in [0.15, 0.2) is 39.9 Å². The van der Waals surface area contributed by atoms with Gasteiger partial charge in [-0.15, -0.1) is 0 Å². The second kappa shape index (κ2) is 5.61. The molecule has 1 amide bonds. The van der Waals surface area contributed by atoms with E-state index in [0.29, 0.717) is 25.3 Å². The number of piperidine rings is 1. The number of fused-ring (bicyclic) bond motifs is 2. The fraction of sp³-hybridized carbons (Fsp3) is 0.389. The molecule has 4 rings (SSSR count). The van der Waals surface area contributed by atoms with Gasteiger partial charge in [-0.05, 0) is 24.0 Å². The third-order valence-corrected chi connectivity index (χ3v) is 5.35.